The summed E-state index contributed by atoms with van der Waals surface area (Å²) in [6.07, 6.45) is 0. The molecule has 7 heteroatoms. The van der Waals surface area contributed by atoms with E-state index in [0.29, 0.717) is 24.5 Å². The molecule has 0 unspecified atom stereocenters. The molecule has 0 fully saturated rings. The molecule has 0 saturated carbocycles. The summed E-state index contributed by atoms with van der Waals surface area (Å²) < 4.78 is 32.3. The van der Waals surface area contributed by atoms with Crippen LogP contribution in [0.5, 0.6) is 5.75 Å². The number of sulfonamides is 1. The molecule has 1 aromatic rings. The standard InChI is InChI=1S/C14H22N2O4S/c1-5-15-14(17)11(4)16-21(18,19)13-8-7-12(20-6-2)9-10(13)3/h7-9,11,16H,5-6H2,1-4H3,(H,15,17)/t11-/m1/s1. The molecule has 0 spiro atoms. The first-order chi connectivity index (χ1) is 9.81. The molecular weight excluding hydrogens is 292 g/mol. The van der Waals surface area contributed by atoms with Crippen molar-refractivity contribution >= 4 is 15.9 Å². The van der Waals surface area contributed by atoms with Gasteiger partial charge >= 0.3 is 0 Å². The zero-order chi connectivity index (χ0) is 16.0. The Hall–Kier alpha value is -1.60. The van der Waals surface area contributed by atoms with Crippen molar-refractivity contribution in [3.05, 3.63) is 23.8 Å². The van der Waals surface area contributed by atoms with Crippen LogP contribution in [0, 0.1) is 6.92 Å². The van der Waals surface area contributed by atoms with Crippen molar-refractivity contribution in [2.75, 3.05) is 13.2 Å². The maximum Gasteiger partial charge on any atom is 0.241 e. The Labute approximate surface area is 125 Å². The quantitative estimate of drug-likeness (QED) is 0.792. The number of rotatable bonds is 7. The van der Waals surface area contributed by atoms with E-state index in [1.54, 1.807) is 26.0 Å². The van der Waals surface area contributed by atoms with Gasteiger partial charge in [-0.25, -0.2) is 8.42 Å². The highest BCUT2D eigenvalue weighted by molar-refractivity contribution is 7.89. The molecule has 1 aromatic carbocycles. The van der Waals surface area contributed by atoms with Gasteiger partial charge in [0.15, 0.2) is 0 Å². The van der Waals surface area contributed by atoms with Crippen LogP contribution in [0.1, 0.15) is 26.3 Å². The number of hydrogen-bond donors (Lipinski definition) is 2. The van der Waals surface area contributed by atoms with Crippen molar-refractivity contribution in [1.29, 1.82) is 0 Å². The zero-order valence-electron chi connectivity index (χ0n) is 12.8. The number of carbonyl (C=O) groups excluding carboxylic acids is 1. The maximum absolute atomic E-state index is 12.3. The van der Waals surface area contributed by atoms with Crippen LogP contribution in [0.2, 0.25) is 0 Å². The van der Waals surface area contributed by atoms with Gasteiger partial charge in [0.25, 0.3) is 0 Å². The Morgan fingerprint density at radius 1 is 1.33 bits per heavy atom. The van der Waals surface area contributed by atoms with Gasteiger partial charge in [0, 0.05) is 6.54 Å². The van der Waals surface area contributed by atoms with Gasteiger partial charge in [0.05, 0.1) is 17.5 Å². The zero-order valence-corrected chi connectivity index (χ0v) is 13.6. The molecule has 0 radical (unpaired) electrons. The van der Waals surface area contributed by atoms with Crippen molar-refractivity contribution in [3.63, 3.8) is 0 Å². The average Bonchev–Trinajstić information content (AvgIpc) is 2.38. The number of likely N-dealkylation sites (N-methyl/N-ethyl adjacent to an activating group) is 1. The summed E-state index contributed by atoms with van der Waals surface area (Å²) in [7, 11) is -3.75. The van der Waals surface area contributed by atoms with Crippen LogP contribution in [0.15, 0.2) is 23.1 Å². The molecule has 1 rings (SSSR count). The van der Waals surface area contributed by atoms with Gasteiger partial charge in [-0.2, -0.15) is 4.72 Å². The van der Waals surface area contributed by atoms with Crippen molar-refractivity contribution in [3.8, 4) is 5.75 Å². The predicted octanol–water partition coefficient (Wildman–Crippen LogP) is 1.20. The first-order valence-electron chi connectivity index (χ1n) is 6.85. The highest BCUT2D eigenvalue weighted by atomic mass is 32.2. The van der Waals surface area contributed by atoms with Crippen LogP contribution < -0.4 is 14.8 Å². The Balaban J connectivity index is 2.95. The van der Waals surface area contributed by atoms with E-state index in [0.717, 1.165) is 0 Å². The molecule has 0 bridgehead atoms. The lowest BCUT2D eigenvalue weighted by Crippen LogP contribution is -2.44. The van der Waals surface area contributed by atoms with E-state index in [4.69, 9.17) is 4.74 Å². The number of amides is 1. The molecule has 2 N–H and O–H groups in total. The molecule has 0 aromatic heterocycles. The van der Waals surface area contributed by atoms with Crippen molar-refractivity contribution in [1.82, 2.24) is 10.0 Å². The Kier molecular flexibility index (Phi) is 6.17. The lowest BCUT2D eigenvalue weighted by atomic mass is 10.2. The van der Waals surface area contributed by atoms with Gasteiger partial charge in [-0.05, 0) is 51.5 Å². The summed E-state index contributed by atoms with van der Waals surface area (Å²) in [5.41, 5.74) is 0.566. The van der Waals surface area contributed by atoms with E-state index in [1.807, 2.05) is 6.92 Å². The van der Waals surface area contributed by atoms with E-state index in [1.165, 1.54) is 13.0 Å². The Morgan fingerprint density at radius 3 is 2.52 bits per heavy atom. The lowest BCUT2D eigenvalue weighted by Gasteiger charge is -2.15. The van der Waals surface area contributed by atoms with Gasteiger partial charge in [-0.3, -0.25) is 4.79 Å². The van der Waals surface area contributed by atoms with Crippen LogP contribution >= 0.6 is 0 Å². The predicted molar refractivity (Wildman–Crippen MR) is 80.8 cm³/mol. The minimum Gasteiger partial charge on any atom is -0.494 e. The van der Waals surface area contributed by atoms with E-state index in [2.05, 4.69) is 10.0 Å². The second kappa shape index (κ2) is 7.42. The highest BCUT2D eigenvalue weighted by Crippen LogP contribution is 2.21. The van der Waals surface area contributed by atoms with E-state index < -0.39 is 16.1 Å². The Bertz CT molecular complexity index is 599. The topological polar surface area (TPSA) is 84.5 Å². The van der Waals surface area contributed by atoms with Gasteiger partial charge in [0.2, 0.25) is 15.9 Å². The molecule has 0 aliphatic heterocycles. The maximum atomic E-state index is 12.3. The summed E-state index contributed by atoms with van der Waals surface area (Å²) in [6, 6.07) is 3.91. The SMILES string of the molecule is CCNC(=O)[C@@H](C)NS(=O)(=O)c1ccc(OCC)cc1C. The van der Waals surface area contributed by atoms with Crippen LogP contribution in [-0.4, -0.2) is 33.5 Å². The van der Waals surface area contributed by atoms with Crippen molar-refractivity contribution in [2.45, 2.75) is 38.6 Å². The van der Waals surface area contributed by atoms with E-state index in [-0.39, 0.29) is 10.8 Å². The van der Waals surface area contributed by atoms with E-state index in [9.17, 15) is 13.2 Å². The number of benzene rings is 1. The van der Waals surface area contributed by atoms with Crippen LogP contribution in [-0.2, 0) is 14.8 Å². The molecule has 6 nitrogen and oxygen atoms in total. The fourth-order valence-electron chi connectivity index (χ4n) is 1.86. The summed E-state index contributed by atoms with van der Waals surface area (Å²) in [5.74, 6) is 0.260. The smallest absolute Gasteiger partial charge is 0.241 e. The number of aryl methyl sites for hydroxylation is 1. The number of nitrogens with one attached hydrogen (secondary N) is 2. The van der Waals surface area contributed by atoms with Crippen molar-refractivity contribution < 1.29 is 17.9 Å². The van der Waals surface area contributed by atoms with Crippen LogP contribution in [0.3, 0.4) is 0 Å². The van der Waals surface area contributed by atoms with Crippen molar-refractivity contribution in [2.24, 2.45) is 0 Å². The summed E-state index contributed by atoms with van der Waals surface area (Å²) in [4.78, 5) is 11.8. The minimum atomic E-state index is -3.75. The molecule has 118 valence electrons. The van der Waals surface area contributed by atoms with E-state index >= 15 is 0 Å². The van der Waals surface area contributed by atoms with Gasteiger partial charge < -0.3 is 10.1 Å². The molecule has 21 heavy (non-hydrogen) atoms. The second-order valence-corrected chi connectivity index (χ2v) is 6.28. The number of hydrogen-bond acceptors (Lipinski definition) is 4. The van der Waals surface area contributed by atoms with Gasteiger partial charge in [0.1, 0.15) is 5.75 Å². The fraction of sp³-hybridized carbons (Fsp3) is 0.500. The molecule has 1 atom stereocenters. The molecule has 1 amide bonds. The first-order valence-corrected chi connectivity index (χ1v) is 8.33. The van der Waals surface area contributed by atoms with Gasteiger partial charge in [-0.15, -0.1) is 0 Å². The number of ether oxygens (including phenoxy) is 1. The molecule has 0 saturated heterocycles. The fourth-order valence-corrected chi connectivity index (χ4v) is 3.29. The summed E-state index contributed by atoms with van der Waals surface area (Å²) >= 11 is 0. The third-order valence-corrected chi connectivity index (χ3v) is 4.52. The summed E-state index contributed by atoms with van der Waals surface area (Å²) in [5, 5.41) is 2.57. The average molecular weight is 314 g/mol. The third kappa shape index (κ3) is 4.71. The lowest BCUT2D eigenvalue weighted by molar-refractivity contribution is -0.122. The van der Waals surface area contributed by atoms with Crippen LogP contribution in [0.25, 0.3) is 0 Å². The largest absolute Gasteiger partial charge is 0.494 e. The summed E-state index contributed by atoms with van der Waals surface area (Å²) in [6.45, 7) is 7.79. The highest BCUT2D eigenvalue weighted by Gasteiger charge is 2.23. The van der Waals surface area contributed by atoms with Gasteiger partial charge in [-0.1, -0.05) is 0 Å². The monoisotopic (exact) mass is 314 g/mol. The number of carbonyl (C=O) groups is 1. The third-order valence-electron chi connectivity index (χ3n) is 2.82. The molecular formula is C14H22N2O4S. The molecule has 0 aliphatic carbocycles. The molecule has 0 heterocycles. The normalized spacial score (nSPS) is 12.8. The van der Waals surface area contributed by atoms with Crippen LogP contribution in [0.4, 0.5) is 0 Å². The molecule has 0 aliphatic rings. The second-order valence-electron chi connectivity index (χ2n) is 4.60. The minimum absolute atomic E-state index is 0.141. The Morgan fingerprint density at radius 2 is 2.00 bits per heavy atom. The first kappa shape index (κ1) is 17.5.